The number of hydrogen-bond acceptors (Lipinski definition) is 9. The van der Waals surface area contributed by atoms with Gasteiger partial charge in [-0.05, 0) is 25.3 Å². The Bertz CT molecular complexity index is 930. The minimum atomic E-state index is -1.01. The van der Waals surface area contributed by atoms with Crippen molar-refractivity contribution in [2.45, 2.75) is 43.9 Å². The van der Waals surface area contributed by atoms with E-state index in [0.717, 1.165) is 31.5 Å². The van der Waals surface area contributed by atoms with E-state index in [1.54, 1.807) is 24.5 Å². The number of likely N-dealkylation sites (tertiary alicyclic amines) is 1. The number of nitrogens with zero attached hydrogens (tertiary/aromatic N) is 4. The number of amides is 2. The number of fused-ring (bicyclic) bond motifs is 1. The third kappa shape index (κ3) is 4.98. The Morgan fingerprint density at radius 2 is 2.03 bits per heavy atom. The van der Waals surface area contributed by atoms with E-state index in [-0.39, 0.29) is 43.1 Å². The van der Waals surface area contributed by atoms with Gasteiger partial charge in [-0.15, -0.1) is 0 Å². The molecule has 0 aromatic carbocycles. The van der Waals surface area contributed by atoms with E-state index >= 15 is 0 Å². The zero-order valence-corrected chi connectivity index (χ0v) is 20.0. The number of ether oxygens (including phenoxy) is 1. The zero-order valence-electron chi connectivity index (χ0n) is 20.0. The van der Waals surface area contributed by atoms with Crippen LogP contribution in [-0.2, 0) is 14.3 Å². The Hall–Kier alpha value is -2.38. The number of piperidine rings is 1. The van der Waals surface area contributed by atoms with Crippen LogP contribution in [0.25, 0.3) is 0 Å². The van der Waals surface area contributed by atoms with Crippen LogP contribution in [-0.4, -0.2) is 97.7 Å². The first kappa shape index (κ1) is 24.3. The number of nitrogens with one attached hydrogen (secondary N) is 3. The summed E-state index contributed by atoms with van der Waals surface area (Å²) in [7, 11) is 1.69. The van der Waals surface area contributed by atoms with Gasteiger partial charge in [0.1, 0.15) is 6.17 Å². The highest BCUT2D eigenvalue weighted by atomic mass is 19.1. The maximum absolute atomic E-state index is 13.8. The van der Waals surface area contributed by atoms with E-state index in [4.69, 9.17) is 10.5 Å². The van der Waals surface area contributed by atoms with Crippen molar-refractivity contribution >= 4 is 23.2 Å². The molecule has 0 bridgehead atoms. The Morgan fingerprint density at radius 3 is 2.77 bits per heavy atom. The van der Waals surface area contributed by atoms with Gasteiger partial charge in [0.2, 0.25) is 11.8 Å². The molecule has 5 rings (SSSR count). The molecule has 0 saturated carbocycles. The Kier molecular flexibility index (Phi) is 7.17. The van der Waals surface area contributed by atoms with Gasteiger partial charge in [-0.2, -0.15) is 0 Å². The number of nitrogens with two attached hydrogens (primary N) is 1. The van der Waals surface area contributed by atoms with Gasteiger partial charge < -0.3 is 25.6 Å². The number of hydrazine groups is 1. The summed E-state index contributed by atoms with van der Waals surface area (Å²) in [5.74, 6) is -0.610. The molecule has 2 amide bonds. The molecule has 4 saturated heterocycles. The second-order valence-electron chi connectivity index (χ2n) is 9.86. The zero-order chi connectivity index (χ0) is 24.5. The molecule has 192 valence electrons. The molecule has 4 aliphatic heterocycles. The number of alkyl halides is 1. The number of carbonyl (C=O) groups excluding carboxylic acids is 2. The van der Waals surface area contributed by atoms with E-state index in [2.05, 4.69) is 25.9 Å². The van der Waals surface area contributed by atoms with Crippen molar-refractivity contribution in [3.63, 3.8) is 0 Å². The van der Waals surface area contributed by atoms with Gasteiger partial charge in [-0.3, -0.25) is 19.9 Å². The Labute approximate surface area is 204 Å². The highest BCUT2D eigenvalue weighted by molar-refractivity contribution is 5.96. The van der Waals surface area contributed by atoms with Crippen LogP contribution < -0.4 is 26.7 Å². The van der Waals surface area contributed by atoms with Crippen LogP contribution in [0.15, 0.2) is 18.5 Å². The Morgan fingerprint density at radius 1 is 1.23 bits per heavy atom. The fourth-order valence-corrected chi connectivity index (χ4v) is 5.70. The largest absolute Gasteiger partial charge is 0.380 e. The summed E-state index contributed by atoms with van der Waals surface area (Å²) < 4.78 is 19.2. The summed E-state index contributed by atoms with van der Waals surface area (Å²) in [6.45, 7) is 3.23. The van der Waals surface area contributed by atoms with Crippen molar-refractivity contribution in [2.75, 3.05) is 56.6 Å². The fraction of sp³-hybridized carbons (Fsp3) is 0.696. The topological polar surface area (TPSA) is 128 Å². The highest BCUT2D eigenvalue weighted by Crippen LogP contribution is 2.32. The van der Waals surface area contributed by atoms with E-state index in [0.29, 0.717) is 25.3 Å². The molecule has 5 heterocycles. The summed E-state index contributed by atoms with van der Waals surface area (Å²) in [5, 5.41) is 7.75. The average Bonchev–Trinajstić information content (AvgIpc) is 3.47. The summed E-state index contributed by atoms with van der Waals surface area (Å²) in [4.78, 5) is 34.5. The van der Waals surface area contributed by atoms with Crippen LogP contribution >= 0.6 is 0 Å². The van der Waals surface area contributed by atoms with Crippen molar-refractivity contribution in [2.24, 2.45) is 17.6 Å². The number of carbonyl (C=O) groups is 2. The first-order chi connectivity index (χ1) is 16.9. The SMILES string of the molecule is CO[C@H]1CCN(C(=O)C2CCN(c3ccncc3NC(=O)C3C(N)NN4CC(F)CNC34)CC2)C1. The minimum absolute atomic E-state index is 0.00647. The predicted molar refractivity (Wildman–Crippen MR) is 128 cm³/mol. The van der Waals surface area contributed by atoms with Crippen molar-refractivity contribution in [3.8, 4) is 0 Å². The van der Waals surface area contributed by atoms with Crippen molar-refractivity contribution in [3.05, 3.63) is 18.5 Å². The van der Waals surface area contributed by atoms with Gasteiger partial charge in [0.25, 0.3) is 0 Å². The van der Waals surface area contributed by atoms with Gasteiger partial charge in [-0.1, -0.05) is 0 Å². The van der Waals surface area contributed by atoms with Crippen LogP contribution in [0, 0.1) is 11.8 Å². The van der Waals surface area contributed by atoms with Crippen LogP contribution in [0.1, 0.15) is 19.3 Å². The van der Waals surface area contributed by atoms with Crippen LogP contribution in [0.2, 0.25) is 0 Å². The van der Waals surface area contributed by atoms with Gasteiger partial charge in [-0.25, -0.2) is 14.8 Å². The molecule has 1 aromatic rings. The second kappa shape index (κ2) is 10.3. The average molecular weight is 491 g/mol. The van der Waals surface area contributed by atoms with Crippen molar-refractivity contribution in [1.29, 1.82) is 0 Å². The maximum Gasteiger partial charge on any atom is 0.233 e. The fourth-order valence-electron chi connectivity index (χ4n) is 5.70. The summed E-state index contributed by atoms with van der Waals surface area (Å²) in [6.07, 6.45) is 3.87. The quantitative estimate of drug-likeness (QED) is 0.431. The van der Waals surface area contributed by atoms with E-state index in [1.807, 2.05) is 11.0 Å². The molecule has 12 heteroatoms. The molecule has 1 aromatic heterocycles. The molecule has 4 unspecified atom stereocenters. The van der Waals surface area contributed by atoms with Gasteiger partial charge in [0.15, 0.2) is 0 Å². The number of aromatic nitrogens is 1. The van der Waals surface area contributed by atoms with Gasteiger partial charge in [0.05, 0.1) is 41.9 Å². The smallest absolute Gasteiger partial charge is 0.233 e. The summed E-state index contributed by atoms with van der Waals surface area (Å²) in [6, 6.07) is 1.88. The molecule has 11 nitrogen and oxygen atoms in total. The molecule has 4 fully saturated rings. The first-order valence-corrected chi connectivity index (χ1v) is 12.4. The summed E-state index contributed by atoms with van der Waals surface area (Å²) in [5.41, 5.74) is 10.7. The number of anilines is 2. The molecule has 0 radical (unpaired) electrons. The van der Waals surface area contributed by atoms with E-state index in [9.17, 15) is 14.0 Å². The molecule has 35 heavy (non-hydrogen) atoms. The number of methoxy groups -OCH3 is 1. The van der Waals surface area contributed by atoms with Crippen LogP contribution in [0.3, 0.4) is 0 Å². The normalized spacial score (nSPS) is 32.0. The van der Waals surface area contributed by atoms with Crippen molar-refractivity contribution in [1.82, 2.24) is 25.6 Å². The second-order valence-corrected chi connectivity index (χ2v) is 9.86. The lowest BCUT2D eigenvalue weighted by atomic mass is 9.95. The lowest BCUT2D eigenvalue weighted by Crippen LogP contribution is -2.58. The number of rotatable bonds is 5. The van der Waals surface area contributed by atoms with Gasteiger partial charge in [0, 0.05) is 58.5 Å². The molecule has 0 aliphatic carbocycles. The third-order valence-electron chi connectivity index (χ3n) is 7.65. The number of hydrogen-bond donors (Lipinski definition) is 4. The monoisotopic (exact) mass is 490 g/mol. The van der Waals surface area contributed by atoms with E-state index < -0.39 is 18.3 Å². The maximum atomic E-state index is 13.8. The Balaban J connectivity index is 1.21. The van der Waals surface area contributed by atoms with Crippen LogP contribution in [0.4, 0.5) is 15.8 Å². The highest BCUT2D eigenvalue weighted by Gasteiger charge is 2.47. The third-order valence-corrected chi connectivity index (χ3v) is 7.65. The minimum Gasteiger partial charge on any atom is -0.380 e. The molecular formula is C23H35FN8O3. The van der Waals surface area contributed by atoms with Crippen molar-refractivity contribution < 1.29 is 18.7 Å². The molecule has 5 atom stereocenters. The standard InChI is InChI=1S/C23H35FN8O3/c1-35-16-5-9-31(13-16)23(34)14-3-7-30(8-4-14)18-2-6-26-11-17(18)28-22(33)19-20(25)29-32-12-15(24)10-27-21(19)32/h2,6,11,14-16,19-21,27,29H,3-5,7-10,12-13,25H2,1H3,(H,28,33)/t15?,16-,19?,20?,21?/m0/s1. The lowest BCUT2D eigenvalue weighted by Gasteiger charge is -2.36. The molecule has 4 aliphatic rings. The van der Waals surface area contributed by atoms with E-state index in [1.165, 1.54) is 0 Å². The summed E-state index contributed by atoms with van der Waals surface area (Å²) >= 11 is 0. The molecule has 0 spiro atoms. The van der Waals surface area contributed by atoms with Gasteiger partial charge >= 0.3 is 0 Å². The first-order valence-electron chi connectivity index (χ1n) is 12.4. The number of halogens is 1. The predicted octanol–water partition coefficient (Wildman–Crippen LogP) is -0.528. The molecule has 5 N–H and O–H groups in total. The van der Waals surface area contributed by atoms with Crippen LogP contribution in [0.5, 0.6) is 0 Å². The molecular weight excluding hydrogens is 455 g/mol. The number of pyridine rings is 1. The lowest BCUT2D eigenvalue weighted by molar-refractivity contribution is -0.135.